The Morgan fingerprint density at radius 3 is 2.82 bits per heavy atom. The molecule has 2 aliphatic heterocycles. The highest BCUT2D eigenvalue weighted by molar-refractivity contribution is 7.07. The molecule has 0 bridgehead atoms. The summed E-state index contributed by atoms with van der Waals surface area (Å²) >= 11 is 1.54. The van der Waals surface area contributed by atoms with Gasteiger partial charge in [-0.1, -0.05) is 6.07 Å². The van der Waals surface area contributed by atoms with Gasteiger partial charge in [-0.15, -0.1) is 11.3 Å². The Morgan fingerprint density at radius 2 is 2.15 bits per heavy atom. The predicted octanol–water partition coefficient (Wildman–Crippen LogP) is 3.58. The number of benzene rings is 1. The van der Waals surface area contributed by atoms with E-state index in [0.717, 1.165) is 42.8 Å². The van der Waals surface area contributed by atoms with E-state index >= 15 is 0 Å². The summed E-state index contributed by atoms with van der Waals surface area (Å²) in [7, 11) is 1.81. The molecule has 1 amide bonds. The number of likely N-dealkylation sites (tertiary alicyclic amines) is 1. The topological polar surface area (TPSA) is 65.9 Å². The summed E-state index contributed by atoms with van der Waals surface area (Å²) in [6.45, 7) is 6.80. The van der Waals surface area contributed by atoms with Crippen molar-refractivity contribution in [3.63, 3.8) is 0 Å². The fraction of sp³-hybridized carbons (Fsp3) is 0.600. The predicted molar refractivity (Wildman–Crippen MR) is 126 cm³/mol. The number of nitrogens with zero attached hydrogens (tertiary/aromatic N) is 3. The molecule has 1 N–H and O–H groups in total. The maximum atomic E-state index is 13.9. The van der Waals surface area contributed by atoms with Crippen LogP contribution < -0.4 is 0 Å². The van der Waals surface area contributed by atoms with Gasteiger partial charge in [-0.2, -0.15) is 0 Å². The summed E-state index contributed by atoms with van der Waals surface area (Å²) < 4.78 is 20.1. The van der Waals surface area contributed by atoms with Crippen LogP contribution >= 0.6 is 11.3 Å². The van der Waals surface area contributed by atoms with Crippen LogP contribution in [-0.4, -0.2) is 64.6 Å². The lowest BCUT2D eigenvalue weighted by Gasteiger charge is -2.40. The van der Waals surface area contributed by atoms with E-state index < -0.39 is 11.2 Å². The van der Waals surface area contributed by atoms with Crippen molar-refractivity contribution >= 4 is 17.2 Å². The molecule has 8 heteroatoms. The lowest BCUT2D eigenvalue weighted by Crippen LogP contribution is -2.47. The van der Waals surface area contributed by atoms with Crippen LogP contribution in [0, 0.1) is 11.7 Å². The van der Waals surface area contributed by atoms with E-state index in [1.54, 1.807) is 30.3 Å². The molecular weight excluding hydrogens is 441 g/mol. The highest BCUT2D eigenvalue weighted by atomic mass is 32.1. The molecule has 0 saturated carbocycles. The first kappa shape index (κ1) is 24.3. The Labute approximate surface area is 199 Å². The molecule has 1 aromatic carbocycles. The van der Waals surface area contributed by atoms with E-state index in [0.29, 0.717) is 32.5 Å². The van der Waals surface area contributed by atoms with Crippen molar-refractivity contribution in [2.45, 2.75) is 57.3 Å². The van der Waals surface area contributed by atoms with Gasteiger partial charge in [0.05, 0.1) is 34.9 Å². The summed E-state index contributed by atoms with van der Waals surface area (Å²) in [4.78, 5) is 21.8. The Balaban J connectivity index is 1.41. The Kier molecular flexibility index (Phi) is 7.19. The number of rotatable bonds is 8. The number of ether oxygens (including phenoxy) is 1. The van der Waals surface area contributed by atoms with Crippen molar-refractivity contribution < 1.29 is 19.0 Å². The number of aromatic nitrogens is 1. The van der Waals surface area contributed by atoms with Gasteiger partial charge < -0.3 is 19.6 Å². The number of fused-ring (bicyclic) bond motifs is 2. The molecule has 1 fully saturated rings. The standard InChI is InChI=1S/C25H34FN3O3S/c1-24(2,31)6-9-28(3)23(30)19(12-21-16-33-17-27-21)14-29-10-7-25(8-11-29)22-13-20(26)5-4-18(22)15-32-25/h4-5,13,16-17,19,31H,6-12,14-15H2,1-3H3. The monoisotopic (exact) mass is 475 g/mol. The fourth-order valence-electron chi connectivity index (χ4n) is 4.90. The highest BCUT2D eigenvalue weighted by Gasteiger charge is 2.43. The molecule has 2 aromatic rings. The van der Waals surface area contributed by atoms with Gasteiger partial charge in [0.15, 0.2) is 0 Å². The lowest BCUT2D eigenvalue weighted by atomic mass is 9.83. The average Bonchev–Trinajstić information content (AvgIpc) is 3.41. The number of piperidine rings is 1. The zero-order valence-electron chi connectivity index (χ0n) is 19.7. The summed E-state index contributed by atoms with van der Waals surface area (Å²) in [5.41, 5.74) is 3.58. The van der Waals surface area contributed by atoms with Crippen LogP contribution in [0.1, 0.15) is 49.9 Å². The van der Waals surface area contributed by atoms with Crippen LogP contribution in [0.25, 0.3) is 0 Å². The molecule has 1 aromatic heterocycles. The van der Waals surface area contributed by atoms with Gasteiger partial charge in [0.1, 0.15) is 5.82 Å². The SMILES string of the molecule is CN(CCC(C)(C)O)C(=O)C(Cc1cscn1)CN1CCC2(CC1)OCc1ccc(F)cc12. The normalized spacial score (nSPS) is 18.9. The van der Waals surface area contributed by atoms with Crippen LogP contribution in [-0.2, 0) is 28.2 Å². The van der Waals surface area contributed by atoms with Crippen molar-refractivity contribution in [3.05, 3.63) is 51.7 Å². The number of hydrogen-bond acceptors (Lipinski definition) is 6. The number of hydrogen-bond donors (Lipinski definition) is 1. The largest absolute Gasteiger partial charge is 0.390 e. The molecule has 180 valence electrons. The average molecular weight is 476 g/mol. The molecule has 0 aliphatic carbocycles. The number of carbonyl (C=O) groups is 1. The highest BCUT2D eigenvalue weighted by Crippen LogP contribution is 2.44. The van der Waals surface area contributed by atoms with Gasteiger partial charge >= 0.3 is 0 Å². The molecule has 0 radical (unpaired) electrons. The molecule has 33 heavy (non-hydrogen) atoms. The van der Waals surface area contributed by atoms with Gasteiger partial charge in [0, 0.05) is 45.0 Å². The van der Waals surface area contributed by atoms with E-state index in [4.69, 9.17) is 4.74 Å². The van der Waals surface area contributed by atoms with Crippen molar-refractivity contribution in [3.8, 4) is 0 Å². The molecule has 3 heterocycles. The molecule has 2 aliphatic rings. The van der Waals surface area contributed by atoms with Crippen LogP contribution in [0.15, 0.2) is 29.1 Å². The number of carbonyl (C=O) groups excluding carboxylic acids is 1. The van der Waals surface area contributed by atoms with Crippen LogP contribution in [0.4, 0.5) is 4.39 Å². The van der Waals surface area contributed by atoms with Gasteiger partial charge in [-0.3, -0.25) is 4.79 Å². The molecular formula is C25H34FN3O3S. The summed E-state index contributed by atoms with van der Waals surface area (Å²) in [5.74, 6) is -0.344. The Hall–Kier alpha value is -1.87. The summed E-state index contributed by atoms with van der Waals surface area (Å²) in [5, 5.41) is 12.1. The first-order valence-electron chi connectivity index (χ1n) is 11.6. The van der Waals surface area contributed by atoms with Gasteiger partial charge in [0.25, 0.3) is 0 Å². The van der Waals surface area contributed by atoms with E-state index in [-0.39, 0.29) is 17.6 Å². The van der Waals surface area contributed by atoms with Gasteiger partial charge in [0.2, 0.25) is 5.91 Å². The van der Waals surface area contributed by atoms with E-state index in [9.17, 15) is 14.3 Å². The third-order valence-electron chi connectivity index (χ3n) is 6.93. The number of aliphatic hydroxyl groups is 1. The second-order valence-electron chi connectivity index (χ2n) is 10.1. The molecule has 6 nitrogen and oxygen atoms in total. The first-order chi connectivity index (χ1) is 15.7. The van der Waals surface area contributed by atoms with Crippen molar-refractivity contribution in [2.75, 3.05) is 33.2 Å². The Morgan fingerprint density at radius 1 is 1.39 bits per heavy atom. The smallest absolute Gasteiger partial charge is 0.227 e. The van der Waals surface area contributed by atoms with Crippen molar-refractivity contribution in [1.82, 2.24) is 14.8 Å². The van der Waals surface area contributed by atoms with Crippen molar-refractivity contribution in [1.29, 1.82) is 0 Å². The second-order valence-corrected chi connectivity index (χ2v) is 10.8. The number of halogens is 1. The third kappa shape index (κ3) is 5.80. The third-order valence-corrected chi connectivity index (χ3v) is 7.57. The minimum Gasteiger partial charge on any atom is -0.390 e. The molecule has 4 rings (SSSR count). The second kappa shape index (κ2) is 9.78. The molecule has 1 spiro atoms. The van der Waals surface area contributed by atoms with E-state index in [1.165, 1.54) is 17.4 Å². The van der Waals surface area contributed by atoms with Crippen LogP contribution in [0.3, 0.4) is 0 Å². The molecule has 1 unspecified atom stereocenters. The Bertz CT molecular complexity index is 952. The number of thiazole rings is 1. The van der Waals surface area contributed by atoms with Gasteiger partial charge in [-0.25, -0.2) is 9.37 Å². The first-order valence-corrected chi connectivity index (χ1v) is 12.6. The maximum Gasteiger partial charge on any atom is 0.227 e. The lowest BCUT2D eigenvalue weighted by molar-refractivity contribution is -0.136. The van der Waals surface area contributed by atoms with Crippen LogP contribution in [0.5, 0.6) is 0 Å². The molecule has 1 atom stereocenters. The quantitative estimate of drug-likeness (QED) is 0.632. The fourth-order valence-corrected chi connectivity index (χ4v) is 5.47. The zero-order chi connectivity index (χ0) is 23.6. The molecule has 1 saturated heterocycles. The van der Waals surface area contributed by atoms with E-state index in [2.05, 4.69) is 9.88 Å². The minimum atomic E-state index is -0.808. The van der Waals surface area contributed by atoms with Gasteiger partial charge in [-0.05, 0) is 56.4 Å². The maximum absolute atomic E-state index is 13.9. The van der Waals surface area contributed by atoms with Crippen molar-refractivity contribution in [2.24, 2.45) is 5.92 Å². The minimum absolute atomic E-state index is 0.0806. The zero-order valence-corrected chi connectivity index (χ0v) is 20.5. The summed E-state index contributed by atoms with van der Waals surface area (Å²) in [6.07, 6.45) is 2.70. The number of amides is 1. The van der Waals surface area contributed by atoms with Crippen LogP contribution in [0.2, 0.25) is 0 Å². The van der Waals surface area contributed by atoms with E-state index in [1.807, 2.05) is 18.5 Å². The summed E-state index contributed by atoms with van der Waals surface area (Å²) in [6, 6.07) is 4.96.